The summed E-state index contributed by atoms with van der Waals surface area (Å²) in [7, 11) is 3.62. The highest BCUT2D eigenvalue weighted by atomic mass is 127. The van der Waals surface area contributed by atoms with Gasteiger partial charge in [0.25, 0.3) is 0 Å². The van der Waals surface area contributed by atoms with Gasteiger partial charge >= 0.3 is 0 Å². The molecule has 2 fully saturated rings. The number of aliphatic imine (C=N–C) groups is 1. The number of guanidine groups is 1. The van der Waals surface area contributed by atoms with Gasteiger partial charge in [-0.1, -0.05) is 6.92 Å². The molecule has 2 rings (SSSR count). The first-order valence-corrected chi connectivity index (χ1v) is 9.47. The summed E-state index contributed by atoms with van der Waals surface area (Å²) in [5, 5.41) is 6.84. The molecule has 7 heteroatoms. The van der Waals surface area contributed by atoms with Crippen LogP contribution in [0.4, 0.5) is 0 Å². The molecule has 0 radical (unpaired) electrons. The van der Waals surface area contributed by atoms with Crippen LogP contribution < -0.4 is 10.6 Å². The van der Waals surface area contributed by atoms with Gasteiger partial charge in [0.2, 0.25) is 0 Å². The van der Waals surface area contributed by atoms with Crippen molar-refractivity contribution in [1.82, 2.24) is 15.5 Å². The van der Waals surface area contributed by atoms with E-state index in [4.69, 9.17) is 9.47 Å². The minimum absolute atomic E-state index is 0. The summed E-state index contributed by atoms with van der Waals surface area (Å²) in [4.78, 5) is 6.91. The fraction of sp³-hybridized carbons (Fsp3) is 0.944. The van der Waals surface area contributed by atoms with Crippen LogP contribution >= 0.6 is 24.0 Å². The van der Waals surface area contributed by atoms with Gasteiger partial charge in [-0.05, 0) is 44.8 Å². The van der Waals surface area contributed by atoms with E-state index < -0.39 is 0 Å². The van der Waals surface area contributed by atoms with E-state index in [9.17, 15) is 0 Å². The standard InChI is InChI=1S/C18H36N4O2.HI/c1-16-5-11-22(12-6-16)10-4-9-20-17(19-2)21-15-18(23-3)7-13-24-14-8-18;/h16H,4-15H2,1-3H3,(H2,19,20,21);1H. The summed E-state index contributed by atoms with van der Waals surface area (Å²) in [6.45, 7) is 9.33. The summed E-state index contributed by atoms with van der Waals surface area (Å²) >= 11 is 0. The summed E-state index contributed by atoms with van der Waals surface area (Å²) in [5.74, 6) is 1.77. The molecule has 0 aliphatic carbocycles. The third kappa shape index (κ3) is 7.97. The number of hydrogen-bond donors (Lipinski definition) is 2. The molecule has 0 bridgehead atoms. The molecule has 0 aromatic heterocycles. The zero-order valence-electron chi connectivity index (χ0n) is 16.2. The molecule has 0 spiro atoms. The Labute approximate surface area is 170 Å². The van der Waals surface area contributed by atoms with Gasteiger partial charge in [-0.15, -0.1) is 24.0 Å². The summed E-state index contributed by atoms with van der Waals surface area (Å²) < 4.78 is 11.2. The van der Waals surface area contributed by atoms with E-state index in [-0.39, 0.29) is 29.6 Å². The number of likely N-dealkylation sites (tertiary alicyclic amines) is 1. The lowest BCUT2D eigenvalue weighted by Crippen LogP contribution is -2.51. The average Bonchev–Trinajstić information content (AvgIpc) is 2.63. The predicted octanol–water partition coefficient (Wildman–Crippen LogP) is 2.09. The Bertz CT molecular complexity index is 381. The van der Waals surface area contributed by atoms with Gasteiger partial charge in [0, 0.05) is 53.3 Å². The Balaban J connectivity index is 0.00000312. The SMILES string of the molecule is CN=C(NCCCN1CCC(C)CC1)NCC1(OC)CCOCC1.I. The third-order valence-corrected chi connectivity index (χ3v) is 5.46. The second kappa shape index (κ2) is 12.3. The maximum atomic E-state index is 5.76. The molecule has 0 aromatic rings. The second-order valence-electron chi connectivity index (χ2n) is 7.23. The minimum atomic E-state index is -0.125. The largest absolute Gasteiger partial charge is 0.381 e. The van der Waals surface area contributed by atoms with Crippen LogP contribution in [0.1, 0.15) is 39.0 Å². The number of halogens is 1. The Morgan fingerprint density at radius 2 is 1.92 bits per heavy atom. The van der Waals surface area contributed by atoms with E-state index >= 15 is 0 Å². The van der Waals surface area contributed by atoms with Gasteiger partial charge in [-0.3, -0.25) is 4.99 Å². The van der Waals surface area contributed by atoms with E-state index in [1.807, 2.05) is 7.05 Å². The lowest BCUT2D eigenvalue weighted by Gasteiger charge is -2.36. The highest BCUT2D eigenvalue weighted by Gasteiger charge is 2.32. The number of methoxy groups -OCH3 is 1. The molecular formula is C18H37IN4O2. The highest BCUT2D eigenvalue weighted by Crippen LogP contribution is 2.23. The molecule has 6 nitrogen and oxygen atoms in total. The molecule has 0 atom stereocenters. The number of rotatable bonds is 7. The monoisotopic (exact) mass is 468 g/mol. The Morgan fingerprint density at radius 1 is 1.24 bits per heavy atom. The van der Waals surface area contributed by atoms with Gasteiger partial charge in [-0.25, -0.2) is 0 Å². The molecule has 2 heterocycles. The number of ether oxygens (including phenoxy) is 2. The van der Waals surface area contributed by atoms with Crippen LogP contribution in [-0.2, 0) is 9.47 Å². The Morgan fingerprint density at radius 3 is 2.52 bits per heavy atom. The molecular weight excluding hydrogens is 431 g/mol. The molecule has 25 heavy (non-hydrogen) atoms. The second-order valence-corrected chi connectivity index (χ2v) is 7.23. The van der Waals surface area contributed by atoms with E-state index in [1.54, 1.807) is 7.11 Å². The summed E-state index contributed by atoms with van der Waals surface area (Å²) in [6.07, 6.45) is 5.71. The van der Waals surface area contributed by atoms with E-state index in [0.717, 1.165) is 57.4 Å². The maximum Gasteiger partial charge on any atom is 0.191 e. The van der Waals surface area contributed by atoms with Crippen molar-refractivity contribution >= 4 is 29.9 Å². The third-order valence-electron chi connectivity index (χ3n) is 5.46. The smallest absolute Gasteiger partial charge is 0.191 e. The van der Waals surface area contributed by atoms with Crippen LogP contribution in [0.25, 0.3) is 0 Å². The first kappa shape index (κ1) is 22.9. The number of nitrogens with one attached hydrogen (secondary N) is 2. The van der Waals surface area contributed by atoms with E-state index in [1.165, 1.54) is 32.5 Å². The van der Waals surface area contributed by atoms with E-state index in [2.05, 4.69) is 27.4 Å². The molecule has 0 saturated carbocycles. The van der Waals surface area contributed by atoms with Crippen LogP contribution in [0.5, 0.6) is 0 Å². The average molecular weight is 468 g/mol. The van der Waals surface area contributed by atoms with Crippen LogP contribution in [0, 0.1) is 5.92 Å². The zero-order chi connectivity index (χ0) is 17.3. The fourth-order valence-corrected chi connectivity index (χ4v) is 3.46. The lowest BCUT2D eigenvalue weighted by atomic mass is 9.94. The molecule has 2 N–H and O–H groups in total. The molecule has 2 saturated heterocycles. The van der Waals surface area contributed by atoms with Gasteiger partial charge in [0.1, 0.15) is 0 Å². The van der Waals surface area contributed by atoms with Crippen molar-refractivity contribution in [1.29, 1.82) is 0 Å². The normalized spacial score (nSPS) is 22.3. The maximum absolute atomic E-state index is 5.76. The quantitative estimate of drug-likeness (QED) is 0.260. The first-order chi connectivity index (χ1) is 11.7. The van der Waals surface area contributed by atoms with Gasteiger partial charge in [0.05, 0.1) is 5.60 Å². The van der Waals surface area contributed by atoms with Crippen molar-refractivity contribution in [2.45, 2.75) is 44.6 Å². The van der Waals surface area contributed by atoms with Crippen LogP contribution in [0.15, 0.2) is 4.99 Å². The number of hydrogen-bond acceptors (Lipinski definition) is 4. The molecule has 2 aliphatic rings. The van der Waals surface area contributed by atoms with Gasteiger partial charge in [-0.2, -0.15) is 0 Å². The summed E-state index contributed by atoms with van der Waals surface area (Å²) in [6, 6.07) is 0. The Hall–Kier alpha value is -0.120. The fourth-order valence-electron chi connectivity index (χ4n) is 3.46. The number of nitrogens with zero attached hydrogens (tertiary/aromatic N) is 2. The van der Waals surface area contributed by atoms with Gasteiger partial charge < -0.3 is 25.0 Å². The van der Waals surface area contributed by atoms with Gasteiger partial charge in [0.15, 0.2) is 5.96 Å². The van der Waals surface area contributed by atoms with E-state index in [0.29, 0.717) is 0 Å². The van der Waals surface area contributed by atoms with Crippen molar-refractivity contribution in [2.75, 3.05) is 60.1 Å². The summed E-state index contributed by atoms with van der Waals surface area (Å²) in [5.41, 5.74) is -0.125. The molecule has 0 amide bonds. The molecule has 0 unspecified atom stereocenters. The van der Waals surface area contributed by atoms with Crippen molar-refractivity contribution < 1.29 is 9.47 Å². The van der Waals surface area contributed by atoms with Crippen LogP contribution in [-0.4, -0.2) is 76.6 Å². The van der Waals surface area contributed by atoms with Crippen molar-refractivity contribution in [3.8, 4) is 0 Å². The van der Waals surface area contributed by atoms with Crippen LogP contribution in [0.3, 0.4) is 0 Å². The molecule has 2 aliphatic heterocycles. The topological polar surface area (TPSA) is 58.1 Å². The molecule has 0 aromatic carbocycles. The minimum Gasteiger partial charge on any atom is -0.381 e. The van der Waals surface area contributed by atoms with Crippen molar-refractivity contribution in [3.05, 3.63) is 0 Å². The van der Waals surface area contributed by atoms with Crippen molar-refractivity contribution in [2.24, 2.45) is 10.9 Å². The predicted molar refractivity (Wildman–Crippen MR) is 114 cm³/mol. The van der Waals surface area contributed by atoms with Crippen molar-refractivity contribution in [3.63, 3.8) is 0 Å². The molecule has 148 valence electrons. The zero-order valence-corrected chi connectivity index (χ0v) is 18.5. The lowest BCUT2D eigenvalue weighted by molar-refractivity contribution is -0.0855. The first-order valence-electron chi connectivity index (χ1n) is 9.47. The highest BCUT2D eigenvalue weighted by molar-refractivity contribution is 14.0. The van der Waals surface area contributed by atoms with Crippen LogP contribution in [0.2, 0.25) is 0 Å². The Kier molecular flexibility index (Phi) is 11.3. The number of piperidine rings is 1.